The van der Waals surface area contributed by atoms with Gasteiger partial charge in [0.15, 0.2) is 0 Å². The Balaban J connectivity index is 2.92. The highest BCUT2D eigenvalue weighted by Gasteiger charge is 2.30. The minimum absolute atomic E-state index is 0.116. The first-order valence-corrected chi connectivity index (χ1v) is 8.01. The summed E-state index contributed by atoms with van der Waals surface area (Å²) in [4.78, 5) is 4.61. The van der Waals surface area contributed by atoms with Gasteiger partial charge in [-0.3, -0.25) is 0 Å². The molecule has 0 aromatic carbocycles. The third kappa shape index (κ3) is 4.78. The first-order valence-electron chi connectivity index (χ1n) is 8.01. The molecule has 5 heteroatoms. The van der Waals surface area contributed by atoms with Crippen molar-refractivity contribution in [2.24, 2.45) is 11.8 Å². The number of ether oxygens (including phenoxy) is 1. The standard InChI is InChI=1S/C16H31N3O2/c1-8-9-17-12(6)13(10(2)3)16-18-15(19-21-16)14(20-7)11(4)5/h10-14,17H,8-9H2,1-7H3. The monoisotopic (exact) mass is 297 g/mol. The molecule has 0 aliphatic rings. The SMILES string of the molecule is CCCNC(C)C(c1nc(C(OC)C(C)C)no1)C(C)C. The van der Waals surface area contributed by atoms with Crippen LogP contribution in [0.3, 0.4) is 0 Å². The molecule has 1 heterocycles. The third-order valence-electron chi connectivity index (χ3n) is 3.83. The van der Waals surface area contributed by atoms with Crippen LogP contribution in [0.5, 0.6) is 0 Å². The largest absolute Gasteiger partial charge is 0.373 e. The Kier molecular flexibility index (Phi) is 7.32. The zero-order valence-corrected chi connectivity index (χ0v) is 14.5. The maximum Gasteiger partial charge on any atom is 0.231 e. The van der Waals surface area contributed by atoms with Gasteiger partial charge in [0.2, 0.25) is 11.7 Å². The summed E-state index contributed by atoms with van der Waals surface area (Å²) in [5.41, 5.74) is 0. The molecule has 1 rings (SSSR count). The molecule has 1 aromatic rings. The molecule has 0 aliphatic carbocycles. The first-order chi connectivity index (χ1) is 9.92. The molecular formula is C16H31N3O2. The Morgan fingerprint density at radius 1 is 1.14 bits per heavy atom. The zero-order valence-electron chi connectivity index (χ0n) is 14.5. The molecule has 3 atom stereocenters. The molecule has 0 saturated heterocycles. The van der Waals surface area contributed by atoms with Gasteiger partial charge >= 0.3 is 0 Å². The molecule has 122 valence electrons. The Morgan fingerprint density at radius 3 is 2.29 bits per heavy atom. The van der Waals surface area contributed by atoms with Crippen LogP contribution >= 0.6 is 0 Å². The van der Waals surface area contributed by atoms with Gasteiger partial charge in [0.05, 0.1) is 5.92 Å². The fourth-order valence-electron chi connectivity index (χ4n) is 2.75. The van der Waals surface area contributed by atoms with E-state index in [-0.39, 0.29) is 12.0 Å². The van der Waals surface area contributed by atoms with Gasteiger partial charge in [-0.1, -0.05) is 39.8 Å². The summed E-state index contributed by atoms with van der Waals surface area (Å²) in [7, 11) is 1.69. The normalized spacial score (nSPS) is 16.4. The smallest absolute Gasteiger partial charge is 0.231 e. The fourth-order valence-corrected chi connectivity index (χ4v) is 2.75. The molecule has 0 spiro atoms. The molecule has 3 unspecified atom stereocenters. The second kappa shape index (κ2) is 8.49. The molecular weight excluding hydrogens is 266 g/mol. The average Bonchev–Trinajstić information content (AvgIpc) is 2.85. The highest BCUT2D eigenvalue weighted by molar-refractivity contribution is 5.02. The Hall–Kier alpha value is -0.940. The molecule has 0 saturated carbocycles. The predicted molar refractivity (Wildman–Crippen MR) is 84.2 cm³/mol. The van der Waals surface area contributed by atoms with Crippen molar-refractivity contribution in [3.05, 3.63) is 11.7 Å². The van der Waals surface area contributed by atoms with Crippen molar-refractivity contribution in [3.8, 4) is 0 Å². The molecule has 0 radical (unpaired) electrons. The lowest BCUT2D eigenvalue weighted by atomic mass is 9.89. The van der Waals surface area contributed by atoms with Crippen LogP contribution in [0.2, 0.25) is 0 Å². The summed E-state index contributed by atoms with van der Waals surface area (Å²) in [6, 6.07) is 0.304. The van der Waals surface area contributed by atoms with E-state index < -0.39 is 0 Å². The summed E-state index contributed by atoms with van der Waals surface area (Å²) < 4.78 is 11.0. The summed E-state index contributed by atoms with van der Waals surface area (Å²) in [5, 5.41) is 7.66. The highest BCUT2D eigenvalue weighted by atomic mass is 16.5. The van der Waals surface area contributed by atoms with Crippen molar-refractivity contribution < 1.29 is 9.26 Å². The van der Waals surface area contributed by atoms with Crippen molar-refractivity contribution in [1.29, 1.82) is 0 Å². The number of nitrogens with zero attached hydrogens (tertiary/aromatic N) is 2. The van der Waals surface area contributed by atoms with Gasteiger partial charge in [-0.15, -0.1) is 0 Å². The van der Waals surface area contributed by atoms with Gasteiger partial charge in [-0.2, -0.15) is 4.98 Å². The molecule has 0 bridgehead atoms. The lowest BCUT2D eigenvalue weighted by Crippen LogP contribution is -2.35. The van der Waals surface area contributed by atoms with E-state index in [9.17, 15) is 0 Å². The van der Waals surface area contributed by atoms with Crippen LogP contribution in [0.25, 0.3) is 0 Å². The quantitative estimate of drug-likeness (QED) is 0.755. The van der Waals surface area contributed by atoms with Crippen LogP contribution in [0.15, 0.2) is 4.52 Å². The molecule has 0 aliphatic heterocycles. The Bertz CT molecular complexity index is 404. The van der Waals surface area contributed by atoms with Crippen LogP contribution in [0.4, 0.5) is 0 Å². The van der Waals surface area contributed by atoms with Gasteiger partial charge < -0.3 is 14.6 Å². The van der Waals surface area contributed by atoms with Crippen LogP contribution in [0.1, 0.15) is 71.7 Å². The average molecular weight is 297 g/mol. The number of rotatable bonds is 9. The highest BCUT2D eigenvalue weighted by Crippen LogP contribution is 2.29. The predicted octanol–water partition coefficient (Wildman–Crippen LogP) is 3.54. The van der Waals surface area contributed by atoms with Gasteiger partial charge in [-0.05, 0) is 31.7 Å². The van der Waals surface area contributed by atoms with E-state index in [0.29, 0.717) is 29.6 Å². The zero-order chi connectivity index (χ0) is 16.0. The molecule has 21 heavy (non-hydrogen) atoms. The van der Waals surface area contributed by atoms with Crippen LogP contribution in [-0.4, -0.2) is 29.8 Å². The fraction of sp³-hybridized carbons (Fsp3) is 0.875. The van der Waals surface area contributed by atoms with E-state index in [1.807, 2.05) is 0 Å². The van der Waals surface area contributed by atoms with Crippen molar-refractivity contribution >= 4 is 0 Å². The van der Waals surface area contributed by atoms with Crippen molar-refractivity contribution in [1.82, 2.24) is 15.5 Å². The number of aromatic nitrogens is 2. The van der Waals surface area contributed by atoms with Crippen LogP contribution in [-0.2, 0) is 4.74 Å². The molecule has 1 aromatic heterocycles. The van der Waals surface area contributed by atoms with E-state index in [1.54, 1.807) is 7.11 Å². The third-order valence-corrected chi connectivity index (χ3v) is 3.83. The van der Waals surface area contributed by atoms with Gasteiger partial charge in [0.1, 0.15) is 6.10 Å². The molecule has 5 nitrogen and oxygen atoms in total. The van der Waals surface area contributed by atoms with E-state index >= 15 is 0 Å². The lowest BCUT2D eigenvalue weighted by molar-refractivity contribution is 0.0555. The maximum absolute atomic E-state index is 5.54. The molecule has 0 fully saturated rings. The number of hydrogen-bond acceptors (Lipinski definition) is 5. The minimum atomic E-state index is -0.116. The summed E-state index contributed by atoms with van der Waals surface area (Å²) in [5.74, 6) is 2.31. The van der Waals surface area contributed by atoms with E-state index in [2.05, 4.69) is 57.0 Å². The van der Waals surface area contributed by atoms with E-state index in [4.69, 9.17) is 9.26 Å². The first kappa shape index (κ1) is 18.1. The van der Waals surface area contributed by atoms with Crippen molar-refractivity contribution in [2.75, 3.05) is 13.7 Å². The van der Waals surface area contributed by atoms with Crippen LogP contribution < -0.4 is 5.32 Å². The maximum atomic E-state index is 5.54. The Labute approximate surface area is 128 Å². The number of hydrogen-bond donors (Lipinski definition) is 1. The van der Waals surface area contributed by atoms with Crippen molar-refractivity contribution in [2.45, 2.75) is 66.0 Å². The summed E-state index contributed by atoms with van der Waals surface area (Å²) in [6.07, 6.45) is 0.998. The van der Waals surface area contributed by atoms with Gasteiger partial charge in [-0.25, -0.2) is 0 Å². The molecule has 0 amide bonds. The van der Waals surface area contributed by atoms with E-state index in [0.717, 1.165) is 13.0 Å². The van der Waals surface area contributed by atoms with Gasteiger partial charge in [0, 0.05) is 13.2 Å². The number of methoxy groups -OCH3 is 1. The number of nitrogens with one attached hydrogen (secondary N) is 1. The molecule has 1 N–H and O–H groups in total. The van der Waals surface area contributed by atoms with E-state index in [1.165, 1.54) is 0 Å². The second-order valence-electron chi connectivity index (χ2n) is 6.40. The topological polar surface area (TPSA) is 60.2 Å². The second-order valence-corrected chi connectivity index (χ2v) is 6.40. The summed E-state index contributed by atoms with van der Waals surface area (Å²) >= 11 is 0. The van der Waals surface area contributed by atoms with Gasteiger partial charge in [0.25, 0.3) is 0 Å². The van der Waals surface area contributed by atoms with Crippen molar-refractivity contribution in [3.63, 3.8) is 0 Å². The minimum Gasteiger partial charge on any atom is -0.373 e. The van der Waals surface area contributed by atoms with Crippen LogP contribution in [0, 0.1) is 11.8 Å². The Morgan fingerprint density at radius 2 is 1.81 bits per heavy atom. The lowest BCUT2D eigenvalue weighted by Gasteiger charge is -2.25. The summed E-state index contributed by atoms with van der Waals surface area (Å²) in [6.45, 7) is 13.9.